The number of carboxylic acid groups (broad SMARTS) is 1. The van der Waals surface area contributed by atoms with Crippen molar-refractivity contribution >= 4 is 17.9 Å². The van der Waals surface area contributed by atoms with Gasteiger partial charge in [-0.2, -0.15) is 0 Å². The fourth-order valence-corrected chi connectivity index (χ4v) is 2.17. The number of piperidine rings is 1. The highest BCUT2D eigenvalue weighted by molar-refractivity contribution is 5.86. The fraction of sp³-hybridized carbons (Fsp3) is 0.750. The zero-order valence-electron chi connectivity index (χ0n) is 11.4. The summed E-state index contributed by atoms with van der Waals surface area (Å²) < 4.78 is 0. The number of nitrogens with one attached hydrogen (secondary N) is 1. The van der Waals surface area contributed by atoms with E-state index in [1.165, 1.54) is 16.8 Å². The maximum Gasteiger partial charge on any atom is 0.326 e. The Hall–Kier alpha value is -1.79. The second-order valence-electron chi connectivity index (χ2n) is 4.64. The molecule has 0 aromatic heterocycles. The number of aliphatic carboxylic acids is 1. The van der Waals surface area contributed by atoms with Crippen LogP contribution in [0.5, 0.6) is 0 Å². The van der Waals surface area contributed by atoms with Crippen LogP contribution in [0.3, 0.4) is 0 Å². The molecule has 0 spiro atoms. The molecule has 1 aliphatic rings. The Balaban J connectivity index is 2.63. The van der Waals surface area contributed by atoms with E-state index in [1.807, 2.05) is 0 Å². The first-order valence-corrected chi connectivity index (χ1v) is 6.48. The van der Waals surface area contributed by atoms with Crippen LogP contribution < -0.4 is 5.32 Å². The molecule has 19 heavy (non-hydrogen) atoms. The lowest BCUT2D eigenvalue weighted by atomic mass is 10.0. The van der Waals surface area contributed by atoms with Crippen molar-refractivity contribution in [2.24, 2.45) is 0 Å². The van der Waals surface area contributed by atoms with E-state index in [0.29, 0.717) is 19.5 Å². The van der Waals surface area contributed by atoms with Gasteiger partial charge in [-0.25, -0.2) is 9.59 Å². The van der Waals surface area contributed by atoms with Crippen LogP contribution in [0.4, 0.5) is 4.79 Å². The second kappa shape index (κ2) is 6.96. The molecule has 7 heteroatoms. The van der Waals surface area contributed by atoms with Gasteiger partial charge in [0.2, 0.25) is 5.91 Å². The van der Waals surface area contributed by atoms with Gasteiger partial charge in [0.05, 0.1) is 0 Å². The molecule has 108 valence electrons. The summed E-state index contributed by atoms with van der Waals surface area (Å²) >= 11 is 0. The zero-order valence-corrected chi connectivity index (χ0v) is 11.4. The number of carbonyl (C=O) groups excluding carboxylic acids is 2. The maximum atomic E-state index is 12.2. The normalized spacial score (nSPS) is 18.8. The molecule has 3 amide bonds. The SMILES string of the molecule is CCNC(=O)CN(C)C(=O)N1CCCCC1C(=O)O. The second-order valence-corrected chi connectivity index (χ2v) is 4.64. The lowest BCUT2D eigenvalue weighted by Gasteiger charge is -2.35. The Morgan fingerprint density at radius 2 is 2.05 bits per heavy atom. The lowest BCUT2D eigenvalue weighted by Crippen LogP contribution is -2.53. The summed E-state index contributed by atoms with van der Waals surface area (Å²) in [6.07, 6.45) is 2.07. The molecular formula is C12H21N3O4. The van der Waals surface area contributed by atoms with Crippen LogP contribution in [0.1, 0.15) is 26.2 Å². The summed E-state index contributed by atoms with van der Waals surface area (Å²) in [5.74, 6) is -1.23. The number of rotatable bonds is 4. The number of carboxylic acids is 1. The molecule has 1 fully saturated rings. The van der Waals surface area contributed by atoms with E-state index < -0.39 is 18.0 Å². The Bertz CT molecular complexity index is 359. The molecule has 1 rings (SSSR count). The maximum absolute atomic E-state index is 12.2. The fourth-order valence-electron chi connectivity index (χ4n) is 2.17. The first-order chi connectivity index (χ1) is 8.97. The highest BCUT2D eigenvalue weighted by Crippen LogP contribution is 2.18. The Morgan fingerprint density at radius 3 is 2.63 bits per heavy atom. The third kappa shape index (κ3) is 4.11. The van der Waals surface area contributed by atoms with Crippen LogP contribution in [-0.2, 0) is 9.59 Å². The van der Waals surface area contributed by atoms with Gasteiger partial charge in [-0.05, 0) is 26.2 Å². The number of carbonyl (C=O) groups is 3. The third-order valence-corrected chi connectivity index (χ3v) is 3.11. The first-order valence-electron chi connectivity index (χ1n) is 6.48. The van der Waals surface area contributed by atoms with Crippen LogP contribution >= 0.6 is 0 Å². The highest BCUT2D eigenvalue weighted by atomic mass is 16.4. The third-order valence-electron chi connectivity index (χ3n) is 3.11. The number of likely N-dealkylation sites (tertiary alicyclic amines) is 1. The van der Waals surface area contributed by atoms with E-state index >= 15 is 0 Å². The quantitative estimate of drug-likeness (QED) is 0.759. The molecule has 0 aromatic carbocycles. The van der Waals surface area contributed by atoms with Gasteiger partial charge in [0, 0.05) is 20.1 Å². The highest BCUT2D eigenvalue weighted by Gasteiger charge is 2.33. The summed E-state index contributed by atoms with van der Waals surface area (Å²) in [5.41, 5.74) is 0. The molecule has 0 radical (unpaired) electrons. The van der Waals surface area contributed by atoms with Crippen LogP contribution in [0, 0.1) is 0 Å². The van der Waals surface area contributed by atoms with Gasteiger partial charge >= 0.3 is 12.0 Å². The van der Waals surface area contributed by atoms with Crippen molar-refractivity contribution in [3.05, 3.63) is 0 Å². The predicted octanol–water partition coefficient (Wildman–Crippen LogP) is 0.113. The molecule has 0 saturated carbocycles. The van der Waals surface area contributed by atoms with Gasteiger partial charge in [-0.15, -0.1) is 0 Å². The minimum Gasteiger partial charge on any atom is -0.480 e. The lowest BCUT2D eigenvalue weighted by molar-refractivity contribution is -0.143. The number of hydrogen-bond donors (Lipinski definition) is 2. The summed E-state index contributed by atoms with van der Waals surface area (Å²) in [4.78, 5) is 37.3. The minimum atomic E-state index is -0.987. The summed E-state index contributed by atoms with van der Waals surface area (Å²) in [5, 5.41) is 11.7. The van der Waals surface area contributed by atoms with Crippen LogP contribution in [0.2, 0.25) is 0 Å². The molecule has 1 aliphatic heterocycles. The van der Waals surface area contributed by atoms with E-state index in [0.717, 1.165) is 12.8 Å². The first kappa shape index (κ1) is 15.3. The Morgan fingerprint density at radius 1 is 1.37 bits per heavy atom. The number of hydrogen-bond acceptors (Lipinski definition) is 3. The zero-order chi connectivity index (χ0) is 14.4. The van der Waals surface area contributed by atoms with E-state index in [9.17, 15) is 14.4 Å². The van der Waals surface area contributed by atoms with Gasteiger partial charge in [-0.3, -0.25) is 4.79 Å². The van der Waals surface area contributed by atoms with Crippen molar-refractivity contribution in [1.29, 1.82) is 0 Å². The average molecular weight is 271 g/mol. The van der Waals surface area contributed by atoms with Crippen molar-refractivity contribution < 1.29 is 19.5 Å². The van der Waals surface area contributed by atoms with E-state index in [-0.39, 0.29) is 12.5 Å². The Kier molecular flexibility index (Phi) is 5.59. The molecule has 1 unspecified atom stereocenters. The molecule has 2 N–H and O–H groups in total. The van der Waals surface area contributed by atoms with Gasteiger partial charge in [0.15, 0.2) is 0 Å². The largest absolute Gasteiger partial charge is 0.480 e. The van der Waals surface area contributed by atoms with Gasteiger partial charge in [0.25, 0.3) is 0 Å². The van der Waals surface area contributed by atoms with Crippen molar-refractivity contribution in [3.8, 4) is 0 Å². The molecule has 7 nitrogen and oxygen atoms in total. The molecule has 0 aliphatic carbocycles. The molecule has 0 bridgehead atoms. The van der Waals surface area contributed by atoms with Gasteiger partial charge in [-0.1, -0.05) is 0 Å². The van der Waals surface area contributed by atoms with E-state index in [1.54, 1.807) is 6.92 Å². The number of likely N-dealkylation sites (N-methyl/N-ethyl adjacent to an activating group) is 2. The number of urea groups is 1. The summed E-state index contributed by atoms with van der Waals surface area (Å²) in [7, 11) is 1.51. The topological polar surface area (TPSA) is 90.0 Å². The Labute approximate surface area is 112 Å². The molecular weight excluding hydrogens is 250 g/mol. The van der Waals surface area contributed by atoms with Crippen LogP contribution in [-0.4, -0.2) is 65.5 Å². The summed E-state index contributed by atoms with van der Waals surface area (Å²) in [6.45, 7) is 2.66. The smallest absolute Gasteiger partial charge is 0.326 e. The molecule has 0 aromatic rings. The number of nitrogens with zero attached hydrogens (tertiary/aromatic N) is 2. The van der Waals surface area contributed by atoms with Crippen LogP contribution in [0.15, 0.2) is 0 Å². The number of amides is 3. The molecule has 1 saturated heterocycles. The van der Waals surface area contributed by atoms with Crippen LogP contribution in [0.25, 0.3) is 0 Å². The standard InChI is InChI=1S/C12H21N3O4/c1-3-13-10(16)8-14(2)12(19)15-7-5-4-6-9(15)11(17)18/h9H,3-8H2,1-2H3,(H,13,16)(H,17,18). The predicted molar refractivity (Wildman–Crippen MR) is 68.7 cm³/mol. The summed E-state index contributed by atoms with van der Waals surface area (Å²) in [6, 6.07) is -1.18. The van der Waals surface area contributed by atoms with E-state index in [2.05, 4.69) is 5.32 Å². The van der Waals surface area contributed by atoms with Crippen molar-refractivity contribution in [2.45, 2.75) is 32.2 Å². The van der Waals surface area contributed by atoms with Gasteiger partial charge < -0.3 is 20.2 Å². The molecule has 1 heterocycles. The molecule has 1 atom stereocenters. The van der Waals surface area contributed by atoms with Crippen molar-refractivity contribution in [2.75, 3.05) is 26.7 Å². The monoisotopic (exact) mass is 271 g/mol. The average Bonchev–Trinajstić information content (AvgIpc) is 2.37. The van der Waals surface area contributed by atoms with Gasteiger partial charge in [0.1, 0.15) is 12.6 Å². The van der Waals surface area contributed by atoms with E-state index in [4.69, 9.17) is 5.11 Å². The minimum absolute atomic E-state index is 0.0600. The van der Waals surface area contributed by atoms with Crippen molar-refractivity contribution in [3.63, 3.8) is 0 Å². The van der Waals surface area contributed by atoms with Crippen molar-refractivity contribution in [1.82, 2.24) is 15.1 Å².